The summed E-state index contributed by atoms with van der Waals surface area (Å²) in [6, 6.07) is 10.7. The number of aromatic hydroxyl groups is 2. The Morgan fingerprint density at radius 1 is 1.19 bits per heavy atom. The zero-order chi connectivity index (χ0) is 19.6. The van der Waals surface area contributed by atoms with Crippen molar-refractivity contribution in [1.29, 1.82) is 0 Å². The van der Waals surface area contributed by atoms with Gasteiger partial charge >= 0.3 is 0 Å². The summed E-state index contributed by atoms with van der Waals surface area (Å²) in [5, 5.41) is 21.4. The van der Waals surface area contributed by atoms with Crippen molar-refractivity contribution >= 4 is 54.4 Å². The van der Waals surface area contributed by atoms with E-state index in [0.717, 1.165) is 10.9 Å². The van der Waals surface area contributed by atoms with Crippen LogP contribution >= 0.6 is 31.9 Å². The summed E-state index contributed by atoms with van der Waals surface area (Å²) < 4.78 is 0.478. The largest absolute Gasteiger partial charge is 0.506 e. The molecule has 1 heterocycles. The molecule has 0 spiro atoms. The van der Waals surface area contributed by atoms with Gasteiger partial charge in [-0.2, -0.15) is 0 Å². The summed E-state index contributed by atoms with van der Waals surface area (Å²) in [4.78, 5) is 20.2. The van der Waals surface area contributed by atoms with Crippen LogP contribution in [0.3, 0.4) is 0 Å². The number of hydrogen-bond donors (Lipinski definition) is 4. The van der Waals surface area contributed by atoms with Crippen LogP contribution in [0.2, 0.25) is 0 Å². The van der Waals surface area contributed by atoms with Gasteiger partial charge in [-0.05, 0) is 56.1 Å². The minimum absolute atomic E-state index is 0.116. The summed E-state index contributed by atoms with van der Waals surface area (Å²) in [5.41, 5.74) is 4.19. The van der Waals surface area contributed by atoms with Crippen LogP contribution in [-0.4, -0.2) is 33.4 Å². The number of nitrogens with one attached hydrogen (secondary N) is 1. The highest BCUT2D eigenvalue weighted by Crippen LogP contribution is 2.42. The normalized spacial score (nSPS) is 11.6. The van der Waals surface area contributed by atoms with E-state index in [1.165, 1.54) is 6.07 Å². The molecule has 0 aliphatic rings. The number of carbonyl (C=O) groups is 1. The highest BCUT2D eigenvalue weighted by atomic mass is 79.9. The molecule has 0 saturated carbocycles. The minimum Gasteiger partial charge on any atom is -0.506 e. The smallest absolute Gasteiger partial charge is 0.255 e. The first kappa shape index (κ1) is 19.3. The van der Waals surface area contributed by atoms with E-state index in [0.29, 0.717) is 21.3 Å². The van der Waals surface area contributed by atoms with Gasteiger partial charge in [-0.25, -0.2) is 5.84 Å². The highest BCUT2D eigenvalue weighted by molar-refractivity contribution is 9.11. The van der Waals surface area contributed by atoms with E-state index in [1.807, 2.05) is 29.7 Å². The number of aromatic nitrogens is 1. The summed E-state index contributed by atoms with van der Waals surface area (Å²) in [6.45, 7) is -0.230. The quantitative estimate of drug-likeness (QED) is 0.193. The lowest BCUT2D eigenvalue weighted by Gasteiger charge is -2.13. The molecule has 3 aromatic rings. The van der Waals surface area contributed by atoms with E-state index in [2.05, 4.69) is 41.8 Å². The monoisotopic (exact) mass is 492 g/mol. The average Bonchev–Trinajstić information content (AvgIpc) is 2.69. The summed E-state index contributed by atoms with van der Waals surface area (Å²) in [7, 11) is 0. The Balaban J connectivity index is 2.21. The number of nitrogens with zero attached hydrogens (tertiary/aromatic N) is 2. The fourth-order valence-electron chi connectivity index (χ4n) is 2.53. The molecule has 5 N–H and O–H groups in total. The maximum Gasteiger partial charge on any atom is 0.255 e. The molecule has 0 aliphatic heterocycles. The molecule has 1 aromatic heterocycles. The van der Waals surface area contributed by atoms with Crippen molar-refractivity contribution in [2.45, 2.75) is 0 Å². The van der Waals surface area contributed by atoms with Crippen molar-refractivity contribution < 1.29 is 15.0 Å². The number of carbonyl (C=O) groups excluding carboxylic acids is 1. The number of hydrogen-bond acceptors (Lipinski definition) is 6. The molecule has 0 radical (unpaired) electrons. The molecule has 0 atom stereocenters. The standard InChI is InChI=1S/C18H14Br2N4O3/c19-12-7-11(17(26)15(20)18(12)27)16(23-8-14(25)24-21)10-3-4-13-9(6-10)2-1-5-22-13/h1-7,26-27H,8,21H2,(H,24,25). The van der Waals surface area contributed by atoms with Crippen molar-refractivity contribution in [2.24, 2.45) is 10.8 Å². The average molecular weight is 494 g/mol. The molecule has 0 fully saturated rings. The second kappa shape index (κ2) is 8.03. The SMILES string of the molecule is NNC(=O)CN=C(c1ccc2ncccc2c1)c1cc(Br)c(O)c(Br)c1O. The minimum atomic E-state index is -0.480. The van der Waals surface area contributed by atoms with E-state index in [9.17, 15) is 15.0 Å². The van der Waals surface area contributed by atoms with E-state index in [1.54, 1.807) is 12.3 Å². The fraction of sp³-hybridized carbons (Fsp3) is 0.0556. The topological polar surface area (TPSA) is 121 Å². The van der Waals surface area contributed by atoms with E-state index >= 15 is 0 Å². The lowest BCUT2D eigenvalue weighted by molar-refractivity contribution is -0.119. The maximum atomic E-state index is 11.6. The fourth-order valence-corrected chi connectivity index (χ4v) is 3.65. The van der Waals surface area contributed by atoms with Crippen LogP contribution < -0.4 is 11.3 Å². The summed E-state index contributed by atoms with van der Waals surface area (Å²) in [6.07, 6.45) is 1.70. The van der Waals surface area contributed by atoms with Gasteiger partial charge in [0.25, 0.3) is 5.91 Å². The van der Waals surface area contributed by atoms with Gasteiger partial charge in [0.2, 0.25) is 0 Å². The van der Waals surface area contributed by atoms with Gasteiger partial charge in [0.05, 0.1) is 15.7 Å². The Labute approximate surface area is 171 Å². The van der Waals surface area contributed by atoms with Gasteiger partial charge in [-0.1, -0.05) is 12.1 Å². The van der Waals surface area contributed by atoms with Gasteiger partial charge in [0.15, 0.2) is 0 Å². The first-order valence-electron chi connectivity index (χ1n) is 7.71. The van der Waals surface area contributed by atoms with Gasteiger partial charge in [0.1, 0.15) is 22.5 Å². The Morgan fingerprint density at radius 2 is 1.96 bits per heavy atom. The Morgan fingerprint density at radius 3 is 2.70 bits per heavy atom. The van der Waals surface area contributed by atoms with Gasteiger partial charge in [0, 0.05) is 22.7 Å². The lowest BCUT2D eigenvalue weighted by atomic mass is 9.99. The number of aliphatic imine (C=N–C) groups is 1. The van der Waals surface area contributed by atoms with Crippen molar-refractivity contribution in [3.8, 4) is 11.5 Å². The van der Waals surface area contributed by atoms with Crippen LogP contribution in [0, 0.1) is 0 Å². The number of phenols is 2. The number of benzene rings is 2. The highest BCUT2D eigenvalue weighted by Gasteiger charge is 2.20. The van der Waals surface area contributed by atoms with Gasteiger partial charge < -0.3 is 10.2 Å². The summed E-state index contributed by atoms with van der Waals surface area (Å²) in [5.74, 6) is 4.31. The van der Waals surface area contributed by atoms with Crippen LogP contribution in [0.25, 0.3) is 10.9 Å². The first-order chi connectivity index (χ1) is 12.9. The zero-order valence-corrected chi connectivity index (χ0v) is 17.0. The molecule has 9 heteroatoms. The van der Waals surface area contributed by atoms with E-state index in [-0.39, 0.29) is 22.5 Å². The third kappa shape index (κ3) is 3.95. The van der Waals surface area contributed by atoms with Crippen LogP contribution in [0.5, 0.6) is 11.5 Å². The van der Waals surface area contributed by atoms with Crippen molar-refractivity contribution in [3.05, 3.63) is 62.7 Å². The van der Waals surface area contributed by atoms with Crippen molar-refractivity contribution in [3.63, 3.8) is 0 Å². The molecule has 0 unspecified atom stereocenters. The predicted molar refractivity (Wildman–Crippen MR) is 110 cm³/mol. The Hall–Kier alpha value is -2.49. The number of amides is 1. The predicted octanol–water partition coefficient (Wildman–Crippen LogP) is 3.00. The van der Waals surface area contributed by atoms with E-state index < -0.39 is 5.91 Å². The summed E-state index contributed by atoms with van der Waals surface area (Å²) >= 11 is 6.41. The van der Waals surface area contributed by atoms with Crippen molar-refractivity contribution in [1.82, 2.24) is 10.4 Å². The maximum absolute atomic E-state index is 11.6. The molecule has 0 bridgehead atoms. The number of nitrogens with two attached hydrogens (primary N) is 1. The zero-order valence-electron chi connectivity index (χ0n) is 13.8. The number of halogens is 2. The molecule has 2 aromatic carbocycles. The number of phenolic OH excluding ortho intramolecular Hbond substituents is 2. The van der Waals surface area contributed by atoms with Crippen molar-refractivity contribution in [2.75, 3.05) is 6.54 Å². The van der Waals surface area contributed by atoms with Gasteiger partial charge in [-0.3, -0.25) is 20.2 Å². The molecular weight excluding hydrogens is 480 g/mol. The number of fused-ring (bicyclic) bond motifs is 1. The molecule has 0 saturated heterocycles. The van der Waals surface area contributed by atoms with Crippen LogP contribution in [0.15, 0.2) is 56.5 Å². The molecule has 3 rings (SSSR count). The van der Waals surface area contributed by atoms with Gasteiger partial charge in [-0.15, -0.1) is 0 Å². The first-order valence-corrected chi connectivity index (χ1v) is 9.30. The lowest BCUT2D eigenvalue weighted by Crippen LogP contribution is -2.32. The molecule has 138 valence electrons. The number of rotatable bonds is 4. The third-order valence-electron chi connectivity index (χ3n) is 3.84. The second-order valence-electron chi connectivity index (χ2n) is 5.56. The molecule has 7 nitrogen and oxygen atoms in total. The van der Waals surface area contributed by atoms with Crippen LogP contribution in [-0.2, 0) is 4.79 Å². The third-order valence-corrected chi connectivity index (χ3v) is 5.20. The second-order valence-corrected chi connectivity index (χ2v) is 7.21. The van der Waals surface area contributed by atoms with E-state index in [4.69, 9.17) is 5.84 Å². The van der Waals surface area contributed by atoms with Crippen LogP contribution in [0.4, 0.5) is 0 Å². The molecule has 1 amide bonds. The van der Waals surface area contributed by atoms with Crippen LogP contribution in [0.1, 0.15) is 11.1 Å². The number of pyridine rings is 1. The number of hydrazine groups is 1. The molecule has 27 heavy (non-hydrogen) atoms. The molecule has 0 aliphatic carbocycles. The Kier molecular flexibility index (Phi) is 5.73. The molecular formula is C18H14Br2N4O3. The Bertz CT molecular complexity index is 1070.